The van der Waals surface area contributed by atoms with Crippen molar-refractivity contribution >= 4 is 5.91 Å². The van der Waals surface area contributed by atoms with Gasteiger partial charge in [0.05, 0.1) is 13.2 Å². The lowest BCUT2D eigenvalue weighted by Crippen LogP contribution is -2.45. The Morgan fingerprint density at radius 2 is 1.95 bits per heavy atom. The van der Waals surface area contributed by atoms with E-state index in [1.165, 1.54) is 0 Å². The second-order valence-electron chi connectivity index (χ2n) is 5.28. The molecule has 5 nitrogen and oxygen atoms in total. The molecule has 0 aromatic carbocycles. The van der Waals surface area contributed by atoms with Crippen molar-refractivity contribution in [3.05, 3.63) is 0 Å². The van der Waals surface area contributed by atoms with E-state index in [0.29, 0.717) is 13.0 Å². The summed E-state index contributed by atoms with van der Waals surface area (Å²) >= 11 is 0. The van der Waals surface area contributed by atoms with E-state index < -0.39 is 0 Å². The normalized spacial score (nSPS) is 19.3. The number of amides is 1. The Kier molecular flexibility index (Phi) is 8.82. The molecule has 0 saturated carbocycles. The molecule has 0 aromatic heterocycles. The van der Waals surface area contributed by atoms with Crippen LogP contribution in [0.5, 0.6) is 0 Å². The van der Waals surface area contributed by atoms with Gasteiger partial charge in [-0.25, -0.2) is 0 Å². The summed E-state index contributed by atoms with van der Waals surface area (Å²) in [5, 5.41) is 3.34. The van der Waals surface area contributed by atoms with Gasteiger partial charge in [-0.3, -0.25) is 4.79 Å². The molecule has 1 N–H and O–H groups in total. The van der Waals surface area contributed by atoms with Crippen molar-refractivity contribution in [1.82, 2.24) is 15.1 Å². The first kappa shape index (κ1) is 17.4. The van der Waals surface area contributed by atoms with Crippen molar-refractivity contribution < 1.29 is 9.53 Å². The molecular weight excluding hydrogens is 254 g/mol. The highest BCUT2D eigenvalue weighted by atomic mass is 16.5. The fraction of sp³-hybridized carbons (Fsp3) is 0.933. The van der Waals surface area contributed by atoms with E-state index in [-0.39, 0.29) is 11.9 Å². The van der Waals surface area contributed by atoms with Crippen LogP contribution in [0.4, 0.5) is 0 Å². The van der Waals surface area contributed by atoms with Crippen LogP contribution in [0.15, 0.2) is 0 Å². The number of nitrogens with zero attached hydrogens (tertiary/aromatic N) is 2. The zero-order chi connectivity index (χ0) is 14.8. The van der Waals surface area contributed by atoms with Crippen LogP contribution in [0.25, 0.3) is 0 Å². The zero-order valence-electron chi connectivity index (χ0n) is 13.4. The summed E-state index contributed by atoms with van der Waals surface area (Å²) in [6.07, 6.45) is 1.61. The van der Waals surface area contributed by atoms with Crippen LogP contribution >= 0.6 is 0 Å². The molecule has 1 rings (SSSR count). The summed E-state index contributed by atoms with van der Waals surface area (Å²) < 4.78 is 5.40. The Morgan fingerprint density at radius 1 is 1.20 bits per heavy atom. The van der Waals surface area contributed by atoms with Crippen LogP contribution in [-0.2, 0) is 9.53 Å². The van der Waals surface area contributed by atoms with Crippen LogP contribution in [0.2, 0.25) is 0 Å². The molecule has 1 aliphatic heterocycles. The third-order valence-electron chi connectivity index (χ3n) is 3.95. The second kappa shape index (κ2) is 10.1. The molecule has 5 heteroatoms. The zero-order valence-corrected chi connectivity index (χ0v) is 13.4. The number of carbonyl (C=O) groups is 1. The minimum Gasteiger partial charge on any atom is -0.378 e. The molecule has 1 aliphatic rings. The van der Waals surface area contributed by atoms with Gasteiger partial charge in [0, 0.05) is 32.1 Å². The first-order valence-corrected chi connectivity index (χ1v) is 8.02. The molecule has 0 bridgehead atoms. The Labute approximate surface area is 123 Å². The van der Waals surface area contributed by atoms with E-state index in [0.717, 1.165) is 52.3 Å². The predicted octanol–water partition coefficient (Wildman–Crippen LogP) is 0.945. The van der Waals surface area contributed by atoms with Crippen molar-refractivity contribution in [3.8, 4) is 0 Å². The van der Waals surface area contributed by atoms with Crippen LogP contribution in [0.3, 0.4) is 0 Å². The van der Waals surface area contributed by atoms with E-state index >= 15 is 0 Å². The van der Waals surface area contributed by atoms with Gasteiger partial charge in [0.25, 0.3) is 0 Å². The number of ether oxygens (including phenoxy) is 1. The molecular formula is C15H31N3O2. The molecule has 1 fully saturated rings. The van der Waals surface area contributed by atoms with Gasteiger partial charge >= 0.3 is 0 Å². The molecule has 20 heavy (non-hydrogen) atoms. The standard InChI is InChI=1S/C15H31N3O2/c1-4-17(5-2)9-7-10-18(6-3)15(19)12-14-13-20-11-8-16-14/h14,16H,4-13H2,1-3H3. The van der Waals surface area contributed by atoms with Crippen molar-refractivity contribution in [3.63, 3.8) is 0 Å². The van der Waals surface area contributed by atoms with Crippen LogP contribution in [-0.4, -0.2) is 74.2 Å². The summed E-state index contributed by atoms with van der Waals surface area (Å²) in [5.74, 6) is 0.245. The minimum atomic E-state index is 0.188. The van der Waals surface area contributed by atoms with Crippen molar-refractivity contribution in [2.75, 3.05) is 52.5 Å². The van der Waals surface area contributed by atoms with Crippen molar-refractivity contribution in [1.29, 1.82) is 0 Å². The maximum Gasteiger partial charge on any atom is 0.224 e. The number of rotatable bonds is 9. The minimum absolute atomic E-state index is 0.188. The molecule has 1 atom stereocenters. The van der Waals surface area contributed by atoms with Gasteiger partial charge in [-0.05, 0) is 33.0 Å². The molecule has 1 unspecified atom stereocenters. The van der Waals surface area contributed by atoms with Crippen molar-refractivity contribution in [2.24, 2.45) is 0 Å². The maximum absolute atomic E-state index is 12.3. The maximum atomic E-state index is 12.3. The first-order chi connectivity index (χ1) is 9.71. The van der Waals surface area contributed by atoms with Gasteiger partial charge in [-0.1, -0.05) is 13.8 Å². The third-order valence-corrected chi connectivity index (χ3v) is 3.95. The molecule has 0 aromatic rings. The average Bonchev–Trinajstić information content (AvgIpc) is 2.48. The summed E-state index contributed by atoms with van der Waals surface area (Å²) in [6, 6.07) is 0.188. The lowest BCUT2D eigenvalue weighted by Gasteiger charge is -2.27. The van der Waals surface area contributed by atoms with Crippen LogP contribution < -0.4 is 5.32 Å². The second-order valence-corrected chi connectivity index (χ2v) is 5.28. The van der Waals surface area contributed by atoms with E-state index in [2.05, 4.69) is 31.0 Å². The van der Waals surface area contributed by atoms with E-state index in [4.69, 9.17) is 4.74 Å². The first-order valence-electron chi connectivity index (χ1n) is 8.02. The number of hydrogen-bond donors (Lipinski definition) is 1. The number of nitrogens with one attached hydrogen (secondary N) is 1. The lowest BCUT2D eigenvalue weighted by atomic mass is 10.1. The Bertz CT molecular complexity index is 264. The number of morpholine rings is 1. The number of hydrogen-bond acceptors (Lipinski definition) is 4. The summed E-state index contributed by atoms with van der Waals surface area (Å²) in [7, 11) is 0. The number of carbonyl (C=O) groups excluding carboxylic acids is 1. The van der Waals surface area contributed by atoms with Gasteiger partial charge in [0.2, 0.25) is 5.91 Å². The van der Waals surface area contributed by atoms with E-state index in [1.54, 1.807) is 0 Å². The fourth-order valence-electron chi connectivity index (χ4n) is 2.57. The average molecular weight is 285 g/mol. The highest BCUT2D eigenvalue weighted by Crippen LogP contribution is 2.04. The van der Waals surface area contributed by atoms with Gasteiger partial charge < -0.3 is 19.9 Å². The Morgan fingerprint density at radius 3 is 2.50 bits per heavy atom. The molecule has 1 heterocycles. The Balaban J connectivity index is 2.27. The SMILES string of the molecule is CCN(CC)CCCN(CC)C(=O)CC1COCCN1. The van der Waals surface area contributed by atoms with Gasteiger partial charge in [0.15, 0.2) is 0 Å². The van der Waals surface area contributed by atoms with Crippen LogP contribution in [0.1, 0.15) is 33.6 Å². The molecule has 0 spiro atoms. The molecule has 0 aliphatic carbocycles. The van der Waals surface area contributed by atoms with E-state index in [9.17, 15) is 4.79 Å². The van der Waals surface area contributed by atoms with E-state index in [1.807, 2.05) is 4.90 Å². The van der Waals surface area contributed by atoms with Gasteiger partial charge in [-0.2, -0.15) is 0 Å². The fourth-order valence-corrected chi connectivity index (χ4v) is 2.57. The lowest BCUT2D eigenvalue weighted by molar-refractivity contribution is -0.132. The third kappa shape index (κ3) is 6.20. The smallest absolute Gasteiger partial charge is 0.224 e. The quantitative estimate of drug-likeness (QED) is 0.685. The predicted molar refractivity (Wildman–Crippen MR) is 81.9 cm³/mol. The molecule has 1 amide bonds. The summed E-state index contributed by atoms with van der Waals surface area (Å²) in [5.41, 5.74) is 0. The Hall–Kier alpha value is -0.650. The summed E-state index contributed by atoms with van der Waals surface area (Å²) in [6.45, 7) is 13.6. The van der Waals surface area contributed by atoms with Gasteiger partial charge in [0.1, 0.15) is 0 Å². The monoisotopic (exact) mass is 285 g/mol. The largest absolute Gasteiger partial charge is 0.378 e. The highest BCUT2D eigenvalue weighted by molar-refractivity contribution is 5.76. The van der Waals surface area contributed by atoms with Gasteiger partial charge in [-0.15, -0.1) is 0 Å². The van der Waals surface area contributed by atoms with Crippen LogP contribution in [0, 0.1) is 0 Å². The highest BCUT2D eigenvalue weighted by Gasteiger charge is 2.20. The topological polar surface area (TPSA) is 44.8 Å². The summed E-state index contributed by atoms with van der Waals surface area (Å²) in [4.78, 5) is 16.6. The molecule has 0 radical (unpaired) electrons. The molecule has 118 valence electrons. The molecule has 1 saturated heterocycles. The van der Waals surface area contributed by atoms with Crippen molar-refractivity contribution in [2.45, 2.75) is 39.7 Å².